The second-order valence-electron chi connectivity index (χ2n) is 17.7. The number of pyridine rings is 2. The normalized spacial score (nSPS) is 11.6. The monoisotopic (exact) mass is 846 g/mol. The van der Waals surface area contributed by atoms with Crippen molar-refractivity contribution in [1.82, 2.24) is 19.1 Å². The SMILES string of the molecule is Cc1cc(-c2cc(C)nc(-c3ccc(-n4c5ccccc5c5cc(-c6ccccc6)ccc54)cc3C)c2)cc(-c2ccc(-n3c4ccccc4c4cc(-c5ccccc5)ccc43)cc2C)n1. The molecule has 12 rings (SSSR count). The van der Waals surface area contributed by atoms with E-state index in [-0.39, 0.29) is 0 Å². The second-order valence-corrected chi connectivity index (χ2v) is 17.7. The van der Waals surface area contributed by atoms with Gasteiger partial charge in [0.15, 0.2) is 0 Å². The minimum Gasteiger partial charge on any atom is -0.309 e. The topological polar surface area (TPSA) is 35.6 Å². The van der Waals surface area contributed by atoms with E-state index in [4.69, 9.17) is 9.97 Å². The lowest BCUT2D eigenvalue weighted by molar-refractivity contribution is 1.16. The van der Waals surface area contributed by atoms with Crippen molar-refractivity contribution >= 4 is 43.6 Å². The number of benzene rings is 8. The van der Waals surface area contributed by atoms with Crippen molar-refractivity contribution < 1.29 is 0 Å². The highest BCUT2D eigenvalue weighted by Gasteiger charge is 2.18. The van der Waals surface area contributed by atoms with E-state index in [9.17, 15) is 0 Å². The van der Waals surface area contributed by atoms with Gasteiger partial charge < -0.3 is 9.13 Å². The average molecular weight is 847 g/mol. The second kappa shape index (κ2) is 15.7. The fourth-order valence-electron chi connectivity index (χ4n) is 10.2. The third-order valence-electron chi connectivity index (χ3n) is 13.3. The Morgan fingerprint density at radius 2 is 0.682 bits per heavy atom. The molecule has 0 fully saturated rings. The van der Waals surface area contributed by atoms with Crippen LogP contribution in [0.4, 0.5) is 0 Å². The molecule has 4 aromatic heterocycles. The smallest absolute Gasteiger partial charge is 0.0714 e. The molecule has 0 aliphatic rings. The maximum atomic E-state index is 5.11. The van der Waals surface area contributed by atoms with Gasteiger partial charge in [-0.1, -0.05) is 121 Å². The van der Waals surface area contributed by atoms with E-state index in [0.29, 0.717) is 0 Å². The van der Waals surface area contributed by atoms with Gasteiger partial charge in [-0.05, 0) is 157 Å². The molecule has 0 N–H and O–H groups in total. The maximum absolute atomic E-state index is 5.11. The van der Waals surface area contributed by atoms with E-state index in [2.05, 4.69) is 243 Å². The third kappa shape index (κ3) is 6.69. The van der Waals surface area contributed by atoms with Gasteiger partial charge in [0.05, 0.1) is 33.5 Å². The van der Waals surface area contributed by atoms with Gasteiger partial charge in [0.1, 0.15) is 0 Å². The van der Waals surface area contributed by atoms with Crippen molar-refractivity contribution in [3.63, 3.8) is 0 Å². The van der Waals surface area contributed by atoms with Crippen molar-refractivity contribution in [1.29, 1.82) is 0 Å². The van der Waals surface area contributed by atoms with Crippen molar-refractivity contribution in [2.24, 2.45) is 0 Å². The van der Waals surface area contributed by atoms with E-state index >= 15 is 0 Å². The van der Waals surface area contributed by atoms with Crippen LogP contribution in [0.5, 0.6) is 0 Å². The van der Waals surface area contributed by atoms with Crippen LogP contribution in [-0.2, 0) is 0 Å². The highest BCUT2D eigenvalue weighted by molar-refractivity contribution is 6.11. The number of hydrogen-bond donors (Lipinski definition) is 0. The fraction of sp³-hybridized carbons (Fsp3) is 0.0645. The fourth-order valence-corrected chi connectivity index (χ4v) is 10.2. The van der Waals surface area contributed by atoms with Gasteiger partial charge in [-0.2, -0.15) is 0 Å². The van der Waals surface area contributed by atoms with Gasteiger partial charge >= 0.3 is 0 Å². The summed E-state index contributed by atoms with van der Waals surface area (Å²) in [5, 5.41) is 4.99. The number of aromatic nitrogens is 4. The molecule has 314 valence electrons. The summed E-state index contributed by atoms with van der Waals surface area (Å²) in [7, 11) is 0. The molecular formula is C62H46N4. The van der Waals surface area contributed by atoms with Crippen LogP contribution in [0.1, 0.15) is 22.5 Å². The summed E-state index contributed by atoms with van der Waals surface area (Å²) >= 11 is 0. The number of para-hydroxylation sites is 2. The predicted molar refractivity (Wildman–Crippen MR) is 277 cm³/mol. The molecule has 4 nitrogen and oxygen atoms in total. The minimum atomic E-state index is 0.961. The molecule has 8 aromatic carbocycles. The molecule has 0 spiro atoms. The van der Waals surface area contributed by atoms with Gasteiger partial charge in [0, 0.05) is 55.4 Å². The van der Waals surface area contributed by atoms with Crippen LogP contribution in [0.3, 0.4) is 0 Å². The lowest BCUT2D eigenvalue weighted by atomic mass is 9.97. The first-order chi connectivity index (χ1) is 32.3. The number of fused-ring (bicyclic) bond motifs is 6. The van der Waals surface area contributed by atoms with Crippen molar-refractivity contribution in [2.75, 3.05) is 0 Å². The van der Waals surface area contributed by atoms with Gasteiger partial charge in [-0.25, -0.2) is 0 Å². The summed E-state index contributed by atoms with van der Waals surface area (Å²) < 4.78 is 4.79. The first-order valence-corrected chi connectivity index (χ1v) is 22.7. The van der Waals surface area contributed by atoms with E-state index < -0.39 is 0 Å². The molecule has 0 bridgehead atoms. The summed E-state index contributed by atoms with van der Waals surface area (Å²) in [6.45, 7) is 8.58. The molecule has 0 amide bonds. The Morgan fingerprint density at radius 3 is 1.11 bits per heavy atom. The Balaban J connectivity index is 0.888. The Morgan fingerprint density at radius 1 is 0.288 bits per heavy atom. The molecular weight excluding hydrogens is 801 g/mol. The summed E-state index contributed by atoms with van der Waals surface area (Å²) in [6.07, 6.45) is 0. The molecule has 4 heteroatoms. The molecule has 12 aromatic rings. The zero-order chi connectivity index (χ0) is 44.5. The van der Waals surface area contributed by atoms with E-state index in [1.54, 1.807) is 0 Å². The van der Waals surface area contributed by atoms with E-state index in [1.165, 1.54) is 77.0 Å². The summed E-state index contributed by atoms with van der Waals surface area (Å²) in [5.41, 5.74) is 22.6. The lowest BCUT2D eigenvalue weighted by Crippen LogP contribution is -1.98. The Kier molecular flexibility index (Phi) is 9.35. The number of hydrogen-bond acceptors (Lipinski definition) is 2. The molecule has 4 heterocycles. The van der Waals surface area contributed by atoms with Crippen LogP contribution in [-0.4, -0.2) is 19.1 Å². The van der Waals surface area contributed by atoms with Crippen LogP contribution in [0.25, 0.3) is 111 Å². The van der Waals surface area contributed by atoms with E-state index in [0.717, 1.165) is 56.4 Å². The average Bonchev–Trinajstić information content (AvgIpc) is 3.86. The Bertz CT molecular complexity index is 3600. The zero-order valence-electron chi connectivity index (χ0n) is 37.4. The molecule has 0 saturated carbocycles. The first-order valence-electron chi connectivity index (χ1n) is 22.7. The van der Waals surface area contributed by atoms with Crippen molar-refractivity contribution in [3.8, 4) is 67.3 Å². The highest BCUT2D eigenvalue weighted by Crippen LogP contribution is 2.39. The largest absolute Gasteiger partial charge is 0.309 e. The van der Waals surface area contributed by atoms with Gasteiger partial charge in [0.25, 0.3) is 0 Å². The predicted octanol–water partition coefficient (Wildman–Crippen LogP) is 16.2. The van der Waals surface area contributed by atoms with Crippen LogP contribution >= 0.6 is 0 Å². The number of aryl methyl sites for hydroxylation is 4. The van der Waals surface area contributed by atoms with Crippen molar-refractivity contribution in [3.05, 3.63) is 229 Å². The molecule has 0 aliphatic heterocycles. The zero-order valence-corrected chi connectivity index (χ0v) is 37.4. The molecule has 0 saturated heterocycles. The van der Waals surface area contributed by atoms with Gasteiger partial charge in [-0.3, -0.25) is 9.97 Å². The molecule has 0 atom stereocenters. The minimum absolute atomic E-state index is 0.961. The van der Waals surface area contributed by atoms with Gasteiger partial charge in [0.2, 0.25) is 0 Å². The molecule has 0 radical (unpaired) electrons. The Labute approximate surface area is 384 Å². The summed E-state index contributed by atoms with van der Waals surface area (Å²) in [4.78, 5) is 10.2. The van der Waals surface area contributed by atoms with Crippen LogP contribution in [0, 0.1) is 27.7 Å². The molecule has 66 heavy (non-hydrogen) atoms. The lowest BCUT2D eigenvalue weighted by Gasteiger charge is -2.15. The standard InChI is InChI=1S/C62H46N4/c1-39-31-49(65-59-21-13-11-19-53(59)55-35-45(23-29-61(55)65)43-15-7-5-8-16-43)25-27-51(39)57-37-47(33-41(3)63-57)48-34-42(4)64-58(38-48)52-28-26-50(32-40(52)2)66-60-22-14-12-20-54(60)56-36-46(24-30-62(56)66)44-17-9-6-10-18-44/h5-38H,1-4H3. The summed E-state index contributed by atoms with van der Waals surface area (Å²) in [6, 6.07) is 74.8. The summed E-state index contributed by atoms with van der Waals surface area (Å²) in [5.74, 6) is 0. The highest BCUT2D eigenvalue weighted by atomic mass is 15.0. The molecule has 0 unspecified atom stereocenters. The van der Waals surface area contributed by atoms with E-state index in [1.807, 2.05) is 0 Å². The first kappa shape index (κ1) is 39.3. The van der Waals surface area contributed by atoms with Crippen LogP contribution in [0.2, 0.25) is 0 Å². The Hall–Kier alpha value is -8.34. The van der Waals surface area contributed by atoms with Crippen LogP contribution < -0.4 is 0 Å². The van der Waals surface area contributed by atoms with Gasteiger partial charge in [-0.15, -0.1) is 0 Å². The van der Waals surface area contributed by atoms with Crippen molar-refractivity contribution in [2.45, 2.75) is 27.7 Å². The number of nitrogens with zero attached hydrogens (tertiary/aromatic N) is 4. The quantitative estimate of drug-likeness (QED) is 0.160. The number of rotatable bonds is 7. The van der Waals surface area contributed by atoms with Crippen LogP contribution in [0.15, 0.2) is 206 Å². The molecule has 0 aliphatic carbocycles. The third-order valence-corrected chi connectivity index (χ3v) is 13.3. The maximum Gasteiger partial charge on any atom is 0.0714 e.